The number of carbonyl (C=O) groups excluding carboxylic acids is 1. The summed E-state index contributed by atoms with van der Waals surface area (Å²) >= 11 is 0. The Bertz CT molecular complexity index is 720. The average Bonchev–Trinajstić information content (AvgIpc) is 3.39. The first-order valence-corrected chi connectivity index (χ1v) is 9.29. The second-order valence-corrected chi connectivity index (χ2v) is 6.77. The first-order valence-electron chi connectivity index (χ1n) is 9.29. The normalized spacial score (nSPS) is 20.5. The third kappa shape index (κ3) is 3.70. The van der Waals surface area contributed by atoms with Gasteiger partial charge in [0, 0.05) is 39.2 Å². The molecule has 8 nitrogen and oxygen atoms in total. The molecule has 2 saturated heterocycles. The van der Waals surface area contributed by atoms with E-state index in [1.54, 1.807) is 4.68 Å². The second kappa shape index (κ2) is 7.82. The maximum Gasteiger partial charge on any atom is 0.250 e. The highest BCUT2D eigenvalue weighted by atomic mass is 16.5. The van der Waals surface area contributed by atoms with E-state index >= 15 is 0 Å². The van der Waals surface area contributed by atoms with Gasteiger partial charge in [-0.3, -0.25) is 4.79 Å². The standard InChI is InChI=1S/C18H24N6O2/c25-17(9-8-16-7-4-14-26-16)22-10-12-23(13-11-22)18-19-20-21-24(18)15-5-2-1-3-6-15/h1-3,5-6,16H,4,7-14H2. The fourth-order valence-electron chi connectivity index (χ4n) is 3.59. The Kier molecular flexibility index (Phi) is 5.10. The van der Waals surface area contributed by atoms with Crippen molar-refractivity contribution < 1.29 is 9.53 Å². The molecule has 26 heavy (non-hydrogen) atoms. The maximum atomic E-state index is 12.4. The molecule has 0 N–H and O–H groups in total. The Balaban J connectivity index is 1.33. The van der Waals surface area contributed by atoms with Crippen LogP contribution in [-0.2, 0) is 9.53 Å². The summed E-state index contributed by atoms with van der Waals surface area (Å²) in [6.07, 6.45) is 3.89. The van der Waals surface area contributed by atoms with E-state index in [4.69, 9.17) is 4.74 Å². The number of benzene rings is 1. The molecule has 2 aromatic rings. The molecule has 0 saturated carbocycles. The van der Waals surface area contributed by atoms with Crippen LogP contribution in [0.15, 0.2) is 30.3 Å². The van der Waals surface area contributed by atoms with Gasteiger partial charge in [-0.05, 0) is 41.8 Å². The SMILES string of the molecule is O=C(CCC1CCCO1)N1CCN(c2nnnn2-c2ccccc2)CC1. The molecule has 0 bridgehead atoms. The number of carbonyl (C=O) groups is 1. The van der Waals surface area contributed by atoms with Gasteiger partial charge in [-0.15, -0.1) is 0 Å². The quantitative estimate of drug-likeness (QED) is 0.803. The number of hydrogen-bond donors (Lipinski definition) is 0. The van der Waals surface area contributed by atoms with Gasteiger partial charge in [0.2, 0.25) is 11.9 Å². The van der Waals surface area contributed by atoms with Crippen molar-refractivity contribution in [3.8, 4) is 5.69 Å². The summed E-state index contributed by atoms with van der Waals surface area (Å²) in [4.78, 5) is 16.5. The number of anilines is 1. The zero-order valence-electron chi connectivity index (χ0n) is 14.8. The molecule has 1 aromatic carbocycles. The third-order valence-corrected chi connectivity index (χ3v) is 5.07. The summed E-state index contributed by atoms with van der Waals surface area (Å²) in [5.74, 6) is 0.949. The number of hydrogen-bond acceptors (Lipinski definition) is 6. The molecule has 1 atom stereocenters. The van der Waals surface area contributed by atoms with Crippen molar-refractivity contribution in [3.63, 3.8) is 0 Å². The molecule has 2 fully saturated rings. The van der Waals surface area contributed by atoms with Gasteiger partial charge in [0.25, 0.3) is 0 Å². The number of tetrazole rings is 1. The lowest BCUT2D eigenvalue weighted by atomic mass is 10.1. The Labute approximate surface area is 152 Å². The smallest absolute Gasteiger partial charge is 0.250 e. The van der Waals surface area contributed by atoms with Gasteiger partial charge >= 0.3 is 0 Å². The summed E-state index contributed by atoms with van der Waals surface area (Å²) in [5, 5.41) is 12.1. The van der Waals surface area contributed by atoms with Crippen LogP contribution in [0.1, 0.15) is 25.7 Å². The lowest BCUT2D eigenvalue weighted by molar-refractivity contribution is -0.132. The van der Waals surface area contributed by atoms with Crippen LogP contribution >= 0.6 is 0 Å². The van der Waals surface area contributed by atoms with E-state index in [9.17, 15) is 4.79 Å². The Morgan fingerprint density at radius 2 is 1.96 bits per heavy atom. The summed E-state index contributed by atoms with van der Waals surface area (Å²) in [7, 11) is 0. The number of piperazine rings is 1. The van der Waals surface area contributed by atoms with Crippen molar-refractivity contribution in [1.82, 2.24) is 25.1 Å². The van der Waals surface area contributed by atoms with E-state index in [0.717, 1.165) is 50.6 Å². The largest absolute Gasteiger partial charge is 0.378 e. The van der Waals surface area contributed by atoms with E-state index in [1.165, 1.54) is 0 Å². The minimum absolute atomic E-state index is 0.225. The summed E-state index contributed by atoms with van der Waals surface area (Å²) < 4.78 is 7.35. The van der Waals surface area contributed by atoms with Gasteiger partial charge in [0.15, 0.2) is 0 Å². The molecule has 1 amide bonds. The van der Waals surface area contributed by atoms with Crippen LogP contribution in [-0.4, -0.2) is 69.9 Å². The van der Waals surface area contributed by atoms with Gasteiger partial charge in [-0.25, -0.2) is 0 Å². The molecule has 1 aromatic heterocycles. The lowest BCUT2D eigenvalue weighted by Crippen LogP contribution is -2.49. The number of aromatic nitrogens is 4. The van der Waals surface area contributed by atoms with Gasteiger partial charge in [-0.1, -0.05) is 23.3 Å². The van der Waals surface area contributed by atoms with Crippen LogP contribution in [0, 0.1) is 0 Å². The highest BCUT2D eigenvalue weighted by Crippen LogP contribution is 2.19. The number of rotatable bonds is 5. The van der Waals surface area contributed by atoms with Crippen molar-refractivity contribution in [2.24, 2.45) is 0 Å². The van der Waals surface area contributed by atoms with E-state index in [1.807, 2.05) is 35.2 Å². The third-order valence-electron chi connectivity index (χ3n) is 5.07. The summed E-state index contributed by atoms with van der Waals surface area (Å²) in [5.41, 5.74) is 0.933. The summed E-state index contributed by atoms with van der Waals surface area (Å²) in [6, 6.07) is 9.85. The molecule has 8 heteroatoms. The maximum absolute atomic E-state index is 12.4. The van der Waals surface area contributed by atoms with Gasteiger partial charge in [0.05, 0.1) is 11.8 Å². The topological polar surface area (TPSA) is 76.4 Å². The molecule has 138 valence electrons. The molecular formula is C18H24N6O2. The van der Waals surface area contributed by atoms with Crippen LogP contribution in [0.25, 0.3) is 5.69 Å². The number of ether oxygens (including phenoxy) is 1. The van der Waals surface area contributed by atoms with E-state index in [2.05, 4.69) is 20.4 Å². The first kappa shape index (κ1) is 17.0. The van der Waals surface area contributed by atoms with Crippen molar-refractivity contribution in [2.75, 3.05) is 37.7 Å². The van der Waals surface area contributed by atoms with Crippen molar-refractivity contribution >= 4 is 11.9 Å². The zero-order valence-corrected chi connectivity index (χ0v) is 14.8. The Hall–Kier alpha value is -2.48. The molecule has 2 aliphatic rings. The minimum atomic E-state index is 0.225. The molecule has 2 aliphatic heterocycles. The Morgan fingerprint density at radius 3 is 2.69 bits per heavy atom. The highest BCUT2D eigenvalue weighted by Gasteiger charge is 2.25. The van der Waals surface area contributed by atoms with Crippen molar-refractivity contribution in [1.29, 1.82) is 0 Å². The predicted octanol–water partition coefficient (Wildman–Crippen LogP) is 1.27. The van der Waals surface area contributed by atoms with Crippen molar-refractivity contribution in [2.45, 2.75) is 31.8 Å². The molecule has 3 heterocycles. The van der Waals surface area contributed by atoms with E-state index < -0.39 is 0 Å². The molecular weight excluding hydrogens is 332 g/mol. The van der Waals surface area contributed by atoms with Crippen LogP contribution < -0.4 is 4.90 Å². The number of amides is 1. The highest BCUT2D eigenvalue weighted by molar-refractivity contribution is 5.76. The molecule has 1 unspecified atom stereocenters. The lowest BCUT2D eigenvalue weighted by Gasteiger charge is -2.35. The predicted molar refractivity (Wildman–Crippen MR) is 96.2 cm³/mol. The van der Waals surface area contributed by atoms with Crippen LogP contribution in [0.3, 0.4) is 0 Å². The van der Waals surface area contributed by atoms with Gasteiger partial charge in [0.1, 0.15) is 0 Å². The number of para-hydroxylation sites is 1. The molecule has 0 spiro atoms. The van der Waals surface area contributed by atoms with Gasteiger partial charge in [-0.2, -0.15) is 4.68 Å². The molecule has 0 aliphatic carbocycles. The zero-order chi connectivity index (χ0) is 17.8. The molecule has 4 rings (SSSR count). The average molecular weight is 356 g/mol. The fourth-order valence-corrected chi connectivity index (χ4v) is 3.59. The number of nitrogens with zero attached hydrogens (tertiary/aromatic N) is 6. The van der Waals surface area contributed by atoms with Crippen LogP contribution in [0.4, 0.5) is 5.95 Å². The van der Waals surface area contributed by atoms with E-state index in [-0.39, 0.29) is 12.0 Å². The van der Waals surface area contributed by atoms with E-state index in [0.29, 0.717) is 19.5 Å². The fraction of sp³-hybridized carbons (Fsp3) is 0.556. The van der Waals surface area contributed by atoms with Crippen molar-refractivity contribution in [3.05, 3.63) is 30.3 Å². The van der Waals surface area contributed by atoms with Gasteiger partial charge < -0.3 is 14.5 Å². The minimum Gasteiger partial charge on any atom is -0.378 e. The molecule has 0 radical (unpaired) electrons. The Morgan fingerprint density at radius 1 is 1.15 bits per heavy atom. The monoisotopic (exact) mass is 356 g/mol. The van der Waals surface area contributed by atoms with Crippen LogP contribution in [0.2, 0.25) is 0 Å². The summed E-state index contributed by atoms with van der Waals surface area (Å²) in [6.45, 7) is 3.71. The second-order valence-electron chi connectivity index (χ2n) is 6.77. The van der Waals surface area contributed by atoms with Crippen LogP contribution in [0.5, 0.6) is 0 Å². The first-order chi connectivity index (χ1) is 12.8.